The Kier molecular flexibility index (Phi) is 6.04. The van der Waals surface area contributed by atoms with Crippen LogP contribution in [0.25, 0.3) is 10.9 Å². The number of fused-ring (bicyclic) bond motifs is 2. The largest absolute Gasteiger partial charge is 0.497 e. The molecule has 0 aliphatic carbocycles. The molecular formula is C25H20F2N4O3S. The summed E-state index contributed by atoms with van der Waals surface area (Å²) < 4.78 is 33.9. The van der Waals surface area contributed by atoms with Gasteiger partial charge in [-0.15, -0.1) is 11.8 Å². The lowest BCUT2D eigenvalue weighted by Gasteiger charge is -2.29. The molecule has 7 nitrogen and oxygen atoms in total. The van der Waals surface area contributed by atoms with Gasteiger partial charge in [0.15, 0.2) is 0 Å². The first kappa shape index (κ1) is 22.7. The second kappa shape index (κ2) is 9.30. The molecule has 35 heavy (non-hydrogen) atoms. The maximum absolute atomic E-state index is 14.5. The smallest absolute Gasteiger partial charge is 0.323 e. The number of rotatable bonds is 5. The molecule has 0 unspecified atom stereocenters. The van der Waals surface area contributed by atoms with Gasteiger partial charge in [0.05, 0.1) is 25.1 Å². The third-order valence-corrected chi connectivity index (χ3v) is 6.67. The molecule has 178 valence electrons. The number of thioether (sulfide) groups is 1. The van der Waals surface area contributed by atoms with Crippen molar-refractivity contribution in [1.82, 2.24) is 4.98 Å². The number of halogens is 2. The molecule has 3 aromatic carbocycles. The van der Waals surface area contributed by atoms with Crippen LogP contribution >= 0.6 is 11.8 Å². The molecule has 4 aromatic rings. The topological polar surface area (TPSA) is 86.5 Å². The number of ether oxygens (including phenoxy) is 1. The normalized spacial score (nSPS) is 13.0. The van der Waals surface area contributed by atoms with Crippen LogP contribution in [0.15, 0.2) is 65.7 Å². The Morgan fingerprint density at radius 1 is 1.06 bits per heavy atom. The Bertz CT molecular complexity index is 1430. The first-order chi connectivity index (χ1) is 16.9. The Morgan fingerprint density at radius 3 is 2.51 bits per heavy atom. The van der Waals surface area contributed by atoms with Crippen LogP contribution in [0.3, 0.4) is 0 Å². The first-order valence-electron chi connectivity index (χ1n) is 10.7. The van der Waals surface area contributed by atoms with Crippen molar-refractivity contribution in [3.63, 3.8) is 0 Å². The minimum atomic E-state index is -0.790. The number of nitrogens with one attached hydrogen (secondary N) is 3. The number of anilines is 3. The van der Waals surface area contributed by atoms with Crippen molar-refractivity contribution in [3.05, 3.63) is 78.0 Å². The van der Waals surface area contributed by atoms with E-state index in [1.165, 1.54) is 23.8 Å². The Labute approximate surface area is 203 Å². The number of hydrogen-bond donors (Lipinski definition) is 3. The number of benzene rings is 3. The standard InChI is InChI=1S/C25H20F2N4O3S/c1-34-17-10-19(26)18(20(27)11-17)12-31-22-5-4-16(9-23(22)35-13-24(31)32)30-25(33)29-15-3-2-14-6-7-28-21(14)8-15/h2-11,28H,12-13H2,1H3,(H2,29,30,33). The highest BCUT2D eigenvalue weighted by atomic mass is 32.2. The molecular weight excluding hydrogens is 474 g/mol. The zero-order valence-corrected chi connectivity index (χ0v) is 19.3. The second-order valence-corrected chi connectivity index (χ2v) is 8.90. The highest BCUT2D eigenvalue weighted by Crippen LogP contribution is 2.38. The molecule has 0 atom stereocenters. The van der Waals surface area contributed by atoms with Gasteiger partial charge in [-0.1, -0.05) is 6.07 Å². The van der Waals surface area contributed by atoms with Gasteiger partial charge < -0.3 is 25.3 Å². The van der Waals surface area contributed by atoms with E-state index in [-0.39, 0.29) is 29.5 Å². The number of carbonyl (C=O) groups excluding carboxylic acids is 2. The van der Waals surface area contributed by atoms with E-state index in [0.717, 1.165) is 23.0 Å². The van der Waals surface area contributed by atoms with E-state index >= 15 is 0 Å². The third-order valence-electron chi connectivity index (χ3n) is 5.64. The molecule has 5 rings (SSSR count). The van der Waals surface area contributed by atoms with Crippen molar-refractivity contribution in [2.75, 3.05) is 28.4 Å². The number of H-pyrrole nitrogens is 1. The fraction of sp³-hybridized carbons (Fsp3) is 0.120. The summed E-state index contributed by atoms with van der Waals surface area (Å²) in [5.74, 6) is -1.68. The third kappa shape index (κ3) is 4.65. The molecule has 0 saturated heterocycles. The summed E-state index contributed by atoms with van der Waals surface area (Å²) in [5.41, 5.74) is 2.35. The average molecular weight is 495 g/mol. The van der Waals surface area contributed by atoms with Crippen molar-refractivity contribution in [2.24, 2.45) is 0 Å². The zero-order chi connectivity index (χ0) is 24.5. The molecule has 1 aromatic heterocycles. The molecule has 0 radical (unpaired) electrons. The molecule has 3 N–H and O–H groups in total. The van der Waals surface area contributed by atoms with E-state index in [1.54, 1.807) is 24.3 Å². The van der Waals surface area contributed by atoms with Gasteiger partial charge in [0, 0.05) is 45.7 Å². The van der Waals surface area contributed by atoms with Crippen LogP contribution in [0, 0.1) is 11.6 Å². The van der Waals surface area contributed by atoms with Crippen LogP contribution in [-0.2, 0) is 11.3 Å². The summed E-state index contributed by atoms with van der Waals surface area (Å²) in [6.07, 6.45) is 1.82. The number of hydrogen-bond acceptors (Lipinski definition) is 4. The highest BCUT2D eigenvalue weighted by molar-refractivity contribution is 8.00. The summed E-state index contributed by atoms with van der Waals surface area (Å²) in [6.45, 7) is -0.261. The molecule has 10 heteroatoms. The van der Waals surface area contributed by atoms with E-state index in [4.69, 9.17) is 4.74 Å². The van der Waals surface area contributed by atoms with E-state index in [1.807, 2.05) is 24.4 Å². The van der Waals surface area contributed by atoms with Crippen molar-refractivity contribution >= 4 is 51.7 Å². The fourth-order valence-electron chi connectivity index (χ4n) is 3.88. The molecule has 0 fully saturated rings. The van der Waals surface area contributed by atoms with Crippen LogP contribution in [0.5, 0.6) is 5.75 Å². The molecule has 0 saturated carbocycles. The number of nitrogens with zero attached hydrogens (tertiary/aromatic N) is 1. The number of methoxy groups -OCH3 is 1. The molecule has 2 heterocycles. The SMILES string of the molecule is COc1cc(F)c(CN2C(=O)CSc3cc(NC(=O)Nc4ccc5cc[nH]c5c4)ccc32)c(F)c1. The number of carbonyl (C=O) groups is 2. The predicted octanol–water partition coefficient (Wildman–Crippen LogP) is 5.74. The lowest BCUT2D eigenvalue weighted by Crippen LogP contribution is -2.35. The van der Waals surface area contributed by atoms with Crippen LogP contribution in [0.4, 0.5) is 30.6 Å². The van der Waals surface area contributed by atoms with E-state index < -0.39 is 17.7 Å². The summed E-state index contributed by atoms with van der Waals surface area (Å²) in [7, 11) is 1.32. The van der Waals surface area contributed by atoms with Gasteiger partial charge in [-0.3, -0.25) is 4.79 Å². The quantitative estimate of drug-likeness (QED) is 0.330. The number of amides is 3. The number of aromatic nitrogens is 1. The van der Waals surface area contributed by atoms with Crippen LogP contribution < -0.4 is 20.3 Å². The zero-order valence-electron chi connectivity index (χ0n) is 18.5. The minimum absolute atomic E-state index is 0.0616. The maximum Gasteiger partial charge on any atom is 0.323 e. The summed E-state index contributed by atoms with van der Waals surface area (Å²) in [6, 6.07) is 14.2. The van der Waals surface area contributed by atoms with Crippen LogP contribution in [0.1, 0.15) is 5.56 Å². The number of aromatic amines is 1. The Morgan fingerprint density at radius 2 is 1.77 bits per heavy atom. The van der Waals surface area contributed by atoms with Crippen LogP contribution in [0.2, 0.25) is 0 Å². The van der Waals surface area contributed by atoms with Gasteiger partial charge in [0.1, 0.15) is 17.4 Å². The lowest BCUT2D eigenvalue weighted by atomic mass is 10.1. The van der Waals surface area contributed by atoms with Gasteiger partial charge in [-0.05, 0) is 41.8 Å². The van der Waals surface area contributed by atoms with Gasteiger partial charge >= 0.3 is 6.03 Å². The van der Waals surface area contributed by atoms with E-state index in [2.05, 4.69) is 15.6 Å². The van der Waals surface area contributed by atoms with Gasteiger partial charge in [-0.25, -0.2) is 13.6 Å². The lowest BCUT2D eigenvalue weighted by molar-refractivity contribution is -0.116. The van der Waals surface area contributed by atoms with Crippen molar-refractivity contribution in [3.8, 4) is 5.75 Å². The first-order valence-corrected chi connectivity index (χ1v) is 11.6. The van der Waals surface area contributed by atoms with Crippen LogP contribution in [-0.4, -0.2) is 29.8 Å². The summed E-state index contributed by atoms with van der Waals surface area (Å²) >= 11 is 1.30. The molecule has 1 aliphatic heterocycles. The van der Waals surface area contributed by atoms with Crippen molar-refractivity contribution in [1.29, 1.82) is 0 Å². The monoisotopic (exact) mass is 494 g/mol. The Balaban J connectivity index is 1.33. The van der Waals surface area contributed by atoms with Crippen molar-refractivity contribution < 1.29 is 23.1 Å². The molecule has 0 spiro atoms. The van der Waals surface area contributed by atoms with E-state index in [9.17, 15) is 18.4 Å². The Hall–Kier alpha value is -4.05. The molecule has 0 bridgehead atoms. The minimum Gasteiger partial charge on any atom is -0.497 e. The second-order valence-electron chi connectivity index (χ2n) is 7.88. The fourth-order valence-corrected chi connectivity index (χ4v) is 4.85. The summed E-state index contributed by atoms with van der Waals surface area (Å²) in [4.78, 5) is 30.3. The maximum atomic E-state index is 14.5. The van der Waals surface area contributed by atoms with E-state index in [0.29, 0.717) is 22.0 Å². The average Bonchev–Trinajstić information content (AvgIpc) is 3.30. The highest BCUT2D eigenvalue weighted by Gasteiger charge is 2.27. The molecule has 1 aliphatic rings. The number of urea groups is 1. The summed E-state index contributed by atoms with van der Waals surface area (Å²) in [5, 5.41) is 6.60. The van der Waals surface area contributed by atoms with Crippen molar-refractivity contribution in [2.45, 2.75) is 11.4 Å². The predicted molar refractivity (Wildman–Crippen MR) is 132 cm³/mol. The van der Waals surface area contributed by atoms with Gasteiger partial charge in [-0.2, -0.15) is 0 Å². The molecule has 3 amide bonds. The van der Waals surface area contributed by atoms with Gasteiger partial charge in [0.2, 0.25) is 5.91 Å². The van der Waals surface area contributed by atoms with Gasteiger partial charge in [0.25, 0.3) is 0 Å².